The van der Waals surface area contributed by atoms with Crippen LogP contribution in [0.4, 0.5) is 20.6 Å². The van der Waals surface area contributed by atoms with E-state index in [4.69, 9.17) is 14.2 Å². The number of aromatic nitrogens is 1. The van der Waals surface area contributed by atoms with Crippen LogP contribution in [0.1, 0.15) is 25.7 Å². The van der Waals surface area contributed by atoms with Crippen molar-refractivity contribution in [3.8, 4) is 23.0 Å². The van der Waals surface area contributed by atoms with Crippen molar-refractivity contribution in [1.29, 1.82) is 0 Å². The molecule has 43 heavy (non-hydrogen) atoms. The molecule has 1 aliphatic heterocycles. The first-order valence-corrected chi connectivity index (χ1v) is 13.9. The molecule has 2 aliphatic rings. The molecule has 220 valence electrons. The predicted octanol–water partition coefficient (Wildman–Crippen LogP) is 6.13. The molecule has 4 aromatic rings. The number of pyridine rings is 1. The van der Waals surface area contributed by atoms with E-state index in [1.165, 1.54) is 31.4 Å². The van der Waals surface area contributed by atoms with Gasteiger partial charge in [-0.2, -0.15) is 0 Å². The van der Waals surface area contributed by atoms with Gasteiger partial charge in [-0.05, 0) is 86.3 Å². The Morgan fingerprint density at radius 3 is 2.07 bits per heavy atom. The summed E-state index contributed by atoms with van der Waals surface area (Å²) in [5, 5.41) is 6.16. The summed E-state index contributed by atoms with van der Waals surface area (Å²) in [7, 11) is 1.50. The molecule has 0 spiro atoms. The van der Waals surface area contributed by atoms with Crippen LogP contribution in [0, 0.1) is 11.2 Å². The van der Waals surface area contributed by atoms with Crippen LogP contribution in [0.25, 0.3) is 10.9 Å². The third-order valence-corrected chi connectivity index (χ3v) is 7.61. The summed E-state index contributed by atoms with van der Waals surface area (Å²) < 4.78 is 30.4. The number of rotatable bonds is 8. The number of hydrogen-bond acceptors (Lipinski definition) is 7. The van der Waals surface area contributed by atoms with Gasteiger partial charge >= 0.3 is 6.09 Å². The van der Waals surface area contributed by atoms with Gasteiger partial charge < -0.3 is 29.7 Å². The van der Waals surface area contributed by atoms with Gasteiger partial charge in [0.15, 0.2) is 11.5 Å². The van der Waals surface area contributed by atoms with E-state index in [-0.39, 0.29) is 5.75 Å². The number of nitrogens with zero attached hydrogens (tertiary/aromatic N) is 2. The molecule has 0 bridgehead atoms. The summed E-state index contributed by atoms with van der Waals surface area (Å²) in [4.78, 5) is 44.5. The fourth-order valence-electron chi connectivity index (χ4n) is 4.97. The van der Waals surface area contributed by atoms with E-state index >= 15 is 0 Å². The van der Waals surface area contributed by atoms with Gasteiger partial charge in [-0.15, -0.1) is 0 Å². The zero-order valence-electron chi connectivity index (χ0n) is 23.4. The van der Waals surface area contributed by atoms with Gasteiger partial charge in [0.1, 0.15) is 22.7 Å². The van der Waals surface area contributed by atoms with E-state index in [0.29, 0.717) is 65.5 Å². The van der Waals surface area contributed by atoms with Gasteiger partial charge in [0.2, 0.25) is 11.8 Å². The van der Waals surface area contributed by atoms with Crippen molar-refractivity contribution in [2.75, 3.05) is 30.8 Å². The van der Waals surface area contributed by atoms with E-state index in [9.17, 15) is 18.8 Å². The van der Waals surface area contributed by atoms with Crippen LogP contribution in [0.5, 0.6) is 23.0 Å². The molecule has 1 aliphatic carbocycles. The first kappa shape index (κ1) is 28.0. The van der Waals surface area contributed by atoms with Gasteiger partial charge in [-0.1, -0.05) is 0 Å². The quantitative estimate of drug-likeness (QED) is 0.239. The third-order valence-electron chi connectivity index (χ3n) is 7.61. The number of anilines is 2. The number of methoxy groups -OCH3 is 1. The molecule has 1 aromatic heterocycles. The molecule has 3 amide bonds. The molecule has 2 N–H and O–H groups in total. The van der Waals surface area contributed by atoms with Gasteiger partial charge in [0, 0.05) is 42.1 Å². The number of carbonyl (C=O) groups is 3. The third kappa shape index (κ3) is 5.92. The lowest BCUT2D eigenvalue weighted by Gasteiger charge is -2.17. The van der Waals surface area contributed by atoms with Crippen LogP contribution >= 0.6 is 0 Å². The van der Waals surface area contributed by atoms with Crippen LogP contribution in [-0.2, 0) is 9.59 Å². The molecule has 0 atom stereocenters. The molecule has 6 rings (SSSR count). The first-order valence-electron chi connectivity index (χ1n) is 13.9. The Hall–Kier alpha value is -5.19. The van der Waals surface area contributed by atoms with E-state index < -0.39 is 29.1 Å². The molecule has 2 fully saturated rings. The topological polar surface area (TPSA) is 119 Å². The average Bonchev–Trinajstić information content (AvgIpc) is 3.65. The lowest BCUT2D eigenvalue weighted by atomic mass is 10.0. The number of carbonyl (C=O) groups excluding carboxylic acids is 3. The summed E-state index contributed by atoms with van der Waals surface area (Å²) in [5.41, 5.74) is 0.316. The maximum absolute atomic E-state index is 13.2. The Balaban J connectivity index is 1.13. The Morgan fingerprint density at radius 2 is 1.47 bits per heavy atom. The summed E-state index contributed by atoms with van der Waals surface area (Å²) in [5.74, 6) is 0.409. The van der Waals surface area contributed by atoms with E-state index in [2.05, 4.69) is 15.6 Å². The number of nitrogens with one attached hydrogen (secondary N) is 2. The van der Waals surface area contributed by atoms with Crippen molar-refractivity contribution in [3.63, 3.8) is 0 Å². The second kappa shape index (κ2) is 11.6. The lowest BCUT2D eigenvalue weighted by molar-refractivity contribution is -0.131. The van der Waals surface area contributed by atoms with Crippen molar-refractivity contribution in [1.82, 2.24) is 9.88 Å². The van der Waals surface area contributed by atoms with Crippen molar-refractivity contribution in [2.24, 2.45) is 5.41 Å². The zero-order chi connectivity index (χ0) is 30.0. The Labute approximate surface area is 246 Å². The zero-order valence-corrected chi connectivity index (χ0v) is 23.4. The molecule has 1 saturated carbocycles. The number of fused-ring (bicyclic) bond motifs is 1. The van der Waals surface area contributed by atoms with Gasteiger partial charge in [0.05, 0.1) is 12.6 Å². The van der Waals surface area contributed by atoms with Gasteiger partial charge in [0.25, 0.3) is 0 Å². The fourth-order valence-corrected chi connectivity index (χ4v) is 4.97. The lowest BCUT2D eigenvalue weighted by Crippen LogP contribution is -2.35. The molecular formula is C32H29FN4O6. The Kier molecular flexibility index (Phi) is 7.54. The van der Waals surface area contributed by atoms with Crippen LogP contribution in [0.3, 0.4) is 0 Å². The number of hydrogen-bond donors (Lipinski definition) is 2. The first-order chi connectivity index (χ1) is 20.8. The van der Waals surface area contributed by atoms with Crippen molar-refractivity contribution in [2.45, 2.75) is 25.7 Å². The maximum Gasteiger partial charge on any atom is 0.415 e. The van der Waals surface area contributed by atoms with Gasteiger partial charge in [-0.25, -0.2) is 9.18 Å². The van der Waals surface area contributed by atoms with Crippen LogP contribution < -0.4 is 24.8 Å². The molecule has 2 heterocycles. The second-order valence-electron chi connectivity index (χ2n) is 10.5. The summed E-state index contributed by atoms with van der Waals surface area (Å²) in [6.07, 6.45) is 3.93. The van der Waals surface area contributed by atoms with Crippen LogP contribution in [0.15, 0.2) is 72.9 Å². The molecule has 3 aromatic carbocycles. The predicted molar refractivity (Wildman–Crippen MR) is 157 cm³/mol. The summed E-state index contributed by atoms with van der Waals surface area (Å²) >= 11 is 0. The van der Waals surface area contributed by atoms with Crippen molar-refractivity contribution < 1.29 is 33.0 Å². The smallest absolute Gasteiger partial charge is 0.415 e. The highest BCUT2D eigenvalue weighted by molar-refractivity contribution is 6.16. The highest BCUT2D eigenvalue weighted by atomic mass is 19.1. The number of ether oxygens (including phenoxy) is 3. The Morgan fingerprint density at radius 1 is 0.837 bits per heavy atom. The normalized spacial score (nSPS) is 15.1. The molecule has 0 radical (unpaired) electrons. The molecular weight excluding hydrogens is 555 g/mol. The van der Waals surface area contributed by atoms with Gasteiger partial charge in [-0.3, -0.25) is 14.6 Å². The summed E-state index contributed by atoms with van der Waals surface area (Å²) in [6.45, 7) is 1.34. The highest BCUT2D eigenvalue weighted by Crippen LogP contribution is 2.47. The molecule has 10 nitrogen and oxygen atoms in total. The minimum Gasteiger partial charge on any atom is -0.493 e. The molecule has 1 saturated heterocycles. The molecule has 11 heteroatoms. The highest BCUT2D eigenvalue weighted by Gasteiger charge is 2.56. The summed E-state index contributed by atoms with van der Waals surface area (Å²) in [6, 6.07) is 17.2. The number of likely N-dealkylation sites (tertiary alicyclic amines) is 1. The average molecular weight is 585 g/mol. The Bertz CT molecular complexity index is 1680. The standard InChI is InChI=1S/C32H29FN4O6/c1-41-27-18-24-25(19-28(27)43-31(40)37-16-2-3-17-37)34-15-12-26(24)42-23-10-8-22(9-11-23)36-30(39)32(13-14-32)29(38)35-21-6-4-20(33)5-7-21/h4-12,15,18-19H,2-3,13-14,16-17H2,1H3,(H,35,38)(H,36,39). The second-order valence-corrected chi connectivity index (χ2v) is 10.5. The van der Waals surface area contributed by atoms with E-state index in [1.54, 1.807) is 53.6 Å². The number of halogens is 1. The van der Waals surface area contributed by atoms with Crippen LogP contribution in [0.2, 0.25) is 0 Å². The van der Waals surface area contributed by atoms with E-state index in [0.717, 1.165) is 12.8 Å². The maximum atomic E-state index is 13.2. The number of benzene rings is 3. The van der Waals surface area contributed by atoms with E-state index in [1.807, 2.05) is 0 Å². The largest absolute Gasteiger partial charge is 0.493 e. The van der Waals surface area contributed by atoms with Crippen molar-refractivity contribution >= 4 is 40.2 Å². The molecule has 0 unspecified atom stereocenters. The number of amides is 3. The SMILES string of the molecule is COc1cc2c(Oc3ccc(NC(=O)C4(C(=O)Nc5ccc(F)cc5)CC4)cc3)ccnc2cc1OC(=O)N1CCCC1. The van der Waals surface area contributed by atoms with Crippen LogP contribution in [-0.4, -0.2) is 48.0 Å². The minimum atomic E-state index is -1.17. The fraction of sp³-hybridized carbons (Fsp3) is 0.250. The minimum absolute atomic E-state index is 0.274. The monoisotopic (exact) mass is 584 g/mol. The van der Waals surface area contributed by atoms with Crippen molar-refractivity contribution in [3.05, 3.63) is 78.7 Å².